The van der Waals surface area contributed by atoms with Crippen LogP contribution in [0.1, 0.15) is 201 Å². The highest BCUT2D eigenvalue weighted by Gasteiger charge is 2.19. The Morgan fingerprint density at radius 3 is 1.20 bits per heavy atom. The van der Waals surface area contributed by atoms with Crippen molar-refractivity contribution < 1.29 is 28.6 Å². The van der Waals surface area contributed by atoms with Crippen molar-refractivity contribution in [2.45, 2.75) is 207 Å². The number of hydrogen-bond donors (Lipinski definition) is 0. The average molecular weight is 819 g/mol. The zero-order valence-corrected chi connectivity index (χ0v) is 38.0. The maximum absolute atomic E-state index is 12.7. The molecule has 0 rings (SSSR count). The molecule has 0 N–H and O–H groups in total. The maximum Gasteiger partial charge on any atom is 0.306 e. The molecular weight excluding hydrogens is 733 g/mol. The van der Waals surface area contributed by atoms with Gasteiger partial charge in [-0.3, -0.25) is 14.4 Å². The number of esters is 3. The van der Waals surface area contributed by atoms with Gasteiger partial charge in [0.1, 0.15) is 13.2 Å². The summed E-state index contributed by atoms with van der Waals surface area (Å²) >= 11 is 0. The molecule has 6 nitrogen and oxygen atoms in total. The Hall–Kier alpha value is -3.67. The summed E-state index contributed by atoms with van der Waals surface area (Å²) in [6.45, 7) is 6.35. The minimum Gasteiger partial charge on any atom is -0.462 e. The fourth-order valence-corrected chi connectivity index (χ4v) is 6.10. The third-order valence-corrected chi connectivity index (χ3v) is 9.70. The number of carbonyl (C=O) groups is 3. The van der Waals surface area contributed by atoms with Crippen molar-refractivity contribution in [2.75, 3.05) is 13.2 Å². The predicted molar refractivity (Wildman–Crippen MR) is 251 cm³/mol. The Morgan fingerprint density at radius 2 is 0.695 bits per heavy atom. The number of allylic oxidation sites excluding steroid dienone is 16. The Kier molecular flexibility index (Phi) is 44.1. The van der Waals surface area contributed by atoms with Crippen LogP contribution in [0, 0.1) is 0 Å². The van der Waals surface area contributed by atoms with Gasteiger partial charge in [-0.2, -0.15) is 0 Å². The molecule has 0 saturated heterocycles. The quantitative estimate of drug-likeness (QED) is 0.0201. The molecule has 0 amide bonds. The Bertz CT molecular complexity index is 1220. The largest absolute Gasteiger partial charge is 0.462 e. The molecule has 0 aliphatic carbocycles. The summed E-state index contributed by atoms with van der Waals surface area (Å²) in [4.78, 5) is 37.8. The highest BCUT2D eigenvalue weighted by molar-refractivity contribution is 5.71. The van der Waals surface area contributed by atoms with E-state index >= 15 is 0 Å². The molecule has 0 radical (unpaired) electrons. The van der Waals surface area contributed by atoms with Crippen molar-refractivity contribution in [1.82, 2.24) is 0 Å². The molecule has 0 heterocycles. The molecule has 0 aromatic carbocycles. The van der Waals surface area contributed by atoms with Gasteiger partial charge in [-0.1, -0.05) is 195 Å². The first kappa shape index (κ1) is 55.3. The first-order valence-electron chi connectivity index (χ1n) is 23.8. The summed E-state index contributed by atoms with van der Waals surface area (Å²) in [7, 11) is 0. The van der Waals surface area contributed by atoms with Gasteiger partial charge in [0, 0.05) is 19.3 Å². The molecule has 0 aromatic rings. The molecule has 0 bridgehead atoms. The lowest BCUT2D eigenvalue weighted by molar-refractivity contribution is -0.167. The van der Waals surface area contributed by atoms with Gasteiger partial charge in [0.25, 0.3) is 0 Å². The fourth-order valence-electron chi connectivity index (χ4n) is 6.10. The number of unbranched alkanes of at least 4 members (excludes halogenated alkanes) is 19. The fraction of sp³-hybridized carbons (Fsp3) is 0.642. The van der Waals surface area contributed by atoms with Gasteiger partial charge in [0.2, 0.25) is 0 Å². The predicted octanol–water partition coefficient (Wildman–Crippen LogP) is 15.4. The van der Waals surface area contributed by atoms with Crippen LogP contribution >= 0.6 is 0 Å². The monoisotopic (exact) mass is 819 g/mol. The third-order valence-electron chi connectivity index (χ3n) is 9.70. The minimum absolute atomic E-state index is 0.118. The zero-order valence-electron chi connectivity index (χ0n) is 38.0. The van der Waals surface area contributed by atoms with Crippen molar-refractivity contribution >= 4 is 17.9 Å². The molecule has 1 unspecified atom stereocenters. The van der Waals surface area contributed by atoms with Gasteiger partial charge in [-0.05, 0) is 83.5 Å². The summed E-state index contributed by atoms with van der Waals surface area (Å²) in [5, 5.41) is 0. The van der Waals surface area contributed by atoms with E-state index in [9.17, 15) is 14.4 Å². The molecule has 0 aromatic heterocycles. The third kappa shape index (κ3) is 45.3. The van der Waals surface area contributed by atoms with Gasteiger partial charge in [0.05, 0.1) is 0 Å². The molecule has 0 saturated carbocycles. The van der Waals surface area contributed by atoms with E-state index in [4.69, 9.17) is 14.2 Å². The molecule has 0 fully saturated rings. The van der Waals surface area contributed by atoms with Crippen LogP contribution in [0.5, 0.6) is 0 Å². The molecule has 334 valence electrons. The first-order valence-corrected chi connectivity index (χ1v) is 23.8. The smallest absolute Gasteiger partial charge is 0.306 e. The molecular formula is C53H86O6. The first-order chi connectivity index (χ1) is 29.0. The summed E-state index contributed by atoms with van der Waals surface area (Å²) < 4.78 is 16.6. The highest BCUT2D eigenvalue weighted by atomic mass is 16.6. The zero-order chi connectivity index (χ0) is 43.0. The summed E-state index contributed by atoms with van der Waals surface area (Å²) in [6, 6.07) is 0. The lowest BCUT2D eigenvalue weighted by atomic mass is 10.1. The van der Waals surface area contributed by atoms with Crippen LogP contribution in [-0.4, -0.2) is 37.2 Å². The van der Waals surface area contributed by atoms with Crippen LogP contribution in [0.15, 0.2) is 97.2 Å². The van der Waals surface area contributed by atoms with Crippen molar-refractivity contribution in [3.8, 4) is 0 Å². The minimum atomic E-state index is -0.824. The summed E-state index contributed by atoms with van der Waals surface area (Å²) in [6.07, 6.45) is 61.1. The van der Waals surface area contributed by atoms with E-state index in [0.717, 1.165) is 77.0 Å². The number of ether oxygens (including phenoxy) is 3. The topological polar surface area (TPSA) is 78.9 Å². The van der Waals surface area contributed by atoms with E-state index in [1.807, 2.05) is 54.7 Å². The van der Waals surface area contributed by atoms with E-state index in [1.54, 1.807) is 0 Å². The maximum atomic E-state index is 12.7. The number of rotatable bonds is 41. The lowest BCUT2D eigenvalue weighted by Gasteiger charge is -2.18. The number of carbonyl (C=O) groups excluding carboxylic acids is 3. The second-order valence-corrected chi connectivity index (χ2v) is 15.4. The Morgan fingerprint density at radius 1 is 0.356 bits per heavy atom. The van der Waals surface area contributed by atoms with Crippen LogP contribution in [0.25, 0.3) is 0 Å². The SMILES string of the molecule is CC\C=C/C=C\C=C/C=C\C=C/CCCC(=O)OC(COC(=O)CCCCC/C=C\CCCCCCCC)COC(=O)CCCCCCCC/C=C\C=C/CCCCC. The molecule has 0 aliphatic heterocycles. The number of hydrogen-bond acceptors (Lipinski definition) is 6. The lowest BCUT2D eigenvalue weighted by Crippen LogP contribution is -2.30. The van der Waals surface area contributed by atoms with Crippen molar-refractivity contribution in [3.05, 3.63) is 97.2 Å². The van der Waals surface area contributed by atoms with E-state index < -0.39 is 12.1 Å². The van der Waals surface area contributed by atoms with Crippen molar-refractivity contribution in [1.29, 1.82) is 0 Å². The van der Waals surface area contributed by atoms with Crippen LogP contribution in [-0.2, 0) is 28.6 Å². The second-order valence-electron chi connectivity index (χ2n) is 15.4. The van der Waals surface area contributed by atoms with Gasteiger partial charge in [-0.25, -0.2) is 0 Å². The molecule has 0 aliphatic rings. The van der Waals surface area contributed by atoms with E-state index in [1.165, 1.54) is 77.0 Å². The van der Waals surface area contributed by atoms with Crippen LogP contribution < -0.4 is 0 Å². The molecule has 0 spiro atoms. The normalized spacial score (nSPS) is 12.9. The van der Waals surface area contributed by atoms with Gasteiger partial charge >= 0.3 is 17.9 Å². The summed E-state index contributed by atoms with van der Waals surface area (Å²) in [5.74, 6) is -1.03. The summed E-state index contributed by atoms with van der Waals surface area (Å²) in [5.41, 5.74) is 0. The Labute approximate surface area is 362 Å². The van der Waals surface area contributed by atoms with Crippen LogP contribution in [0.2, 0.25) is 0 Å². The van der Waals surface area contributed by atoms with E-state index in [-0.39, 0.29) is 31.6 Å². The van der Waals surface area contributed by atoms with E-state index in [0.29, 0.717) is 19.3 Å². The van der Waals surface area contributed by atoms with Crippen molar-refractivity contribution in [3.63, 3.8) is 0 Å². The van der Waals surface area contributed by atoms with Crippen LogP contribution in [0.4, 0.5) is 0 Å². The van der Waals surface area contributed by atoms with Crippen LogP contribution in [0.3, 0.4) is 0 Å². The highest BCUT2D eigenvalue weighted by Crippen LogP contribution is 2.12. The standard InChI is InChI=1S/C53H86O6/c1-4-7-10-13-16-19-22-25-26-29-31-34-37-40-43-46-52(55)58-49-50(59-53(56)47-44-41-38-35-32-28-24-21-18-15-12-9-6-3)48-57-51(54)45-42-39-36-33-30-27-23-20-17-14-11-8-5-2/h9,12,15-16,18-19,21-22,24-25,27-28,30,32,35,38,50H,4-8,10-11,13-14,17,20,23,26,29,31,33-34,36-37,39-49H2,1-3H3/b12-9-,18-15-,19-16-,24-21-,25-22-,30-27-,32-28-,38-35-. The average Bonchev–Trinajstić information content (AvgIpc) is 3.23. The van der Waals surface area contributed by atoms with Gasteiger partial charge in [-0.15, -0.1) is 0 Å². The molecule has 6 heteroatoms. The Balaban J connectivity index is 4.54. The molecule has 59 heavy (non-hydrogen) atoms. The molecule has 1 atom stereocenters. The van der Waals surface area contributed by atoms with Gasteiger partial charge in [0.15, 0.2) is 6.10 Å². The van der Waals surface area contributed by atoms with E-state index in [2.05, 4.69) is 63.3 Å². The van der Waals surface area contributed by atoms with Crippen molar-refractivity contribution in [2.24, 2.45) is 0 Å². The second kappa shape index (κ2) is 47.0. The van der Waals surface area contributed by atoms with Gasteiger partial charge < -0.3 is 14.2 Å².